The zero-order chi connectivity index (χ0) is 12.5. The van der Waals surface area contributed by atoms with Crippen molar-refractivity contribution in [1.82, 2.24) is 0 Å². The van der Waals surface area contributed by atoms with E-state index in [-0.39, 0.29) is 5.54 Å². The second-order valence-corrected chi connectivity index (χ2v) is 6.41. The van der Waals surface area contributed by atoms with Crippen LogP contribution in [0.5, 0.6) is 0 Å². The fourth-order valence-corrected chi connectivity index (χ4v) is 4.15. The van der Waals surface area contributed by atoms with Crippen molar-refractivity contribution >= 4 is 17.4 Å². The average Bonchev–Trinajstić information content (AvgIpc) is 2.71. The molecule has 1 heterocycles. The van der Waals surface area contributed by atoms with Crippen LogP contribution >= 0.6 is 11.8 Å². The van der Waals surface area contributed by atoms with Gasteiger partial charge in [-0.25, -0.2) is 0 Å². The van der Waals surface area contributed by atoms with Gasteiger partial charge < -0.3 is 10.6 Å². The summed E-state index contributed by atoms with van der Waals surface area (Å²) >= 11 is 2.03. The van der Waals surface area contributed by atoms with Gasteiger partial charge in [0.2, 0.25) is 0 Å². The minimum absolute atomic E-state index is 0.125. The second-order valence-electron chi connectivity index (χ2n) is 4.97. The van der Waals surface area contributed by atoms with E-state index in [2.05, 4.69) is 50.1 Å². The predicted octanol–water partition coefficient (Wildman–Crippen LogP) is 2.65. The highest BCUT2D eigenvalue weighted by Crippen LogP contribution is 2.40. The summed E-state index contributed by atoms with van der Waals surface area (Å²) in [5.41, 5.74) is 8.77. The Balaban J connectivity index is 2.28. The van der Waals surface area contributed by atoms with Crippen molar-refractivity contribution in [3.8, 4) is 0 Å². The number of anilines is 1. The van der Waals surface area contributed by atoms with Crippen LogP contribution in [-0.2, 0) is 0 Å². The van der Waals surface area contributed by atoms with Crippen LogP contribution < -0.4 is 10.6 Å². The van der Waals surface area contributed by atoms with Gasteiger partial charge in [0.1, 0.15) is 0 Å². The van der Waals surface area contributed by atoms with Crippen molar-refractivity contribution in [1.29, 1.82) is 0 Å². The number of benzene rings is 1. The lowest BCUT2D eigenvalue weighted by atomic mass is 9.90. The molecule has 94 valence electrons. The molecule has 1 fully saturated rings. The molecule has 1 aromatic carbocycles. The number of nitrogens with zero attached hydrogens (tertiary/aromatic N) is 1. The molecule has 0 saturated carbocycles. The van der Waals surface area contributed by atoms with Gasteiger partial charge in [0, 0.05) is 24.5 Å². The van der Waals surface area contributed by atoms with Crippen molar-refractivity contribution < 1.29 is 0 Å². The zero-order valence-electron chi connectivity index (χ0n) is 10.9. The van der Waals surface area contributed by atoms with Crippen LogP contribution in [0.15, 0.2) is 24.3 Å². The van der Waals surface area contributed by atoms with E-state index in [1.54, 1.807) is 0 Å². The maximum atomic E-state index is 6.07. The summed E-state index contributed by atoms with van der Waals surface area (Å²) in [6.45, 7) is 5.15. The van der Waals surface area contributed by atoms with Crippen LogP contribution in [0.3, 0.4) is 0 Å². The molecule has 0 amide bonds. The molecule has 0 aromatic heterocycles. The molecular formula is C14H22N2S. The summed E-state index contributed by atoms with van der Waals surface area (Å²) in [5, 5.41) is 0.596. The van der Waals surface area contributed by atoms with E-state index in [4.69, 9.17) is 5.73 Å². The second kappa shape index (κ2) is 4.91. The number of thioether (sulfide) groups is 1. The van der Waals surface area contributed by atoms with Crippen molar-refractivity contribution in [3.63, 3.8) is 0 Å². The SMILES string of the molecule is Cc1ccc(N(C)C2(CN)CCSC2C)cc1. The van der Waals surface area contributed by atoms with E-state index in [1.165, 1.54) is 23.4 Å². The Kier molecular flexibility index (Phi) is 3.69. The molecule has 1 saturated heterocycles. The number of aryl methyl sites for hydroxylation is 1. The minimum atomic E-state index is 0.125. The van der Waals surface area contributed by atoms with Crippen LogP contribution in [-0.4, -0.2) is 30.1 Å². The number of hydrogen-bond donors (Lipinski definition) is 1. The third-order valence-corrected chi connectivity index (χ3v) is 5.48. The summed E-state index contributed by atoms with van der Waals surface area (Å²) in [4.78, 5) is 2.39. The van der Waals surface area contributed by atoms with E-state index in [9.17, 15) is 0 Å². The van der Waals surface area contributed by atoms with Gasteiger partial charge in [0.25, 0.3) is 0 Å². The van der Waals surface area contributed by atoms with Gasteiger partial charge >= 0.3 is 0 Å². The first kappa shape index (κ1) is 12.8. The van der Waals surface area contributed by atoms with Gasteiger partial charge in [-0.15, -0.1) is 0 Å². The molecule has 0 bridgehead atoms. The molecule has 1 aliphatic rings. The first-order chi connectivity index (χ1) is 8.10. The van der Waals surface area contributed by atoms with Crippen LogP contribution in [0, 0.1) is 6.92 Å². The molecule has 0 radical (unpaired) electrons. The summed E-state index contributed by atoms with van der Waals surface area (Å²) in [7, 11) is 2.18. The Hall–Kier alpha value is -0.670. The standard InChI is InChI=1S/C14H22N2S/c1-11-4-6-13(7-5-11)16(3)14(10-15)8-9-17-12(14)2/h4-7,12H,8-10,15H2,1-3H3. The lowest BCUT2D eigenvalue weighted by Crippen LogP contribution is -2.56. The predicted molar refractivity (Wildman–Crippen MR) is 77.9 cm³/mol. The molecule has 2 atom stereocenters. The van der Waals surface area contributed by atoms with Gasteiger partial charge in [-0.3, -0.25) is 0 Å². The topological polar surface area (TPSA) is 29.3 Å². The Bertz CT molecular complexity index is 376. The summed E-state index contributed by atoms with van der Waals surface area (Å²) in [6, 6.07) is 8.73. The molecule has 17 heavy (non-hydrogen) atoms. The molecule has 3 heteroatoms. The van der Waals surface area contributed by atoms with E-state index < -0.39 is 0 Å². The summed E-state index contributed by atoms with van der Waals surface area (Å²) in [6.07, 6.45) is 1.18. The number of hydrogen-bond acceptors (Lipinski definition) is 3. The monoisotopic (exact) mass is 250 g/mol. The summed E-state index contributed by atoms with van der Waals surface area (Å²) in [5.74, 6) is 1.22. The highest BCUT2D eigenvalue weighted by atomic mass is 32.2. The van der Waals surface area contributed by atoms with Crippen LogP contribution in [0.2, 0.25) is 0 Å². The molecule has 1 aliphatic heterocycles. The third kappa shape index (κ3) is 2.18. The van der Waals surface area contributed by atoms with Crippen molar-refractivity contribution in [2.75, 3.05) is 24.2 Å². The Morgan fingerprint density at radius 2 is 2.06 bits per heavy atom. The quantitative estimate of drug-likeness (QED) is 0.894. The minimum Gasteiger partial charge on any atom is -0.367 e. The van der Waals surface area contributed by atoms with E-state index in [0.29, 0.717) is 5.25 Å². The Morgan fingerprint density at radius 1 is 1.41 bits per heavy atom. The van der Waals surface area contributed by atoms with Crippen molar-refractivity contribution in [3.05, 3.63) is 29.8 Å². The lowest BCUT2D eigenvalue weighted by molar-refractivity contribution is 0.415. The first-order valence-electron chi connectivity index (χ1n) is 6.22. The number of nitrogens with two attached hydrogens (primary N) is 1. The molecule has 2 rings (SSSR count). The van der Waals surface area contributed by atoms with Gasteiger partial charge in [-0.2, -0.15) is 11.8 Å². The lowest BCUT2D eigenvalue weighted by Gasteiger charge is -2.42. The van der Waals surface area contributed by atoms with Crippen LogP contribution in [0.4, 0.5) is 5.69 Å². The summed E-state index contributed by atoms with van der Waals surface area (Å²) < 4.78 is 0. The van der Waals surface area contributed by atoms with Gasteiger partial charge in [0.05, 0.1) is 5.54 Å². The molecule has 1 aromatic rings. The number of rotatable bonds is 3. The van der Waals surface area contributed by atoms with Crippen LogP contribution in [0.25, 0.3) is 0 Å². The number of likely N-dealkylation sites (N-methyl/N-ethyl adjacent to an activating group) is 1. The molecule has 2 unspecified atom stereocenters. The largest absolute Gasteiger partial charge is 0.367 e. The highest BCUT2D eigenvalue weighted by Gasteiger charge is 2.43. The van der Waals surface area contributed by atoms with Gasteiger partial charge in [-0.05, 0) is 31.2 Å². The highest BCUT2D eigenvalue weighted by molar-refractivity contribution is 8.00. The first-order valence-corrected chi connectivity index (χ1v) is 7.27. The maximum Gasteiger partial charge on any atom is 0.0644 e. The fourth-order valence-electron chi connectivity index (χ4n) is 2.64. The Morgan fingerprint density at radius 3 is 2.53 bits per heavy atom. The van der Waals surface area contributed by atoms with Gasteiger partial charge in [0.15, 0.2) is 0 Å². The van der Waals surface area contributed by atoms with Crippen molar-refractivity contribution in [2.45, 2.75) is 31.1 Å². The van der Waals surface area contributed by atoms with E-state index in [0.717, 1.165) is 6.54 Å². The molecular weight excluding hydrogens is 228 g/mol. The third-order valence-electron chi connectivity index (χ3n) is 4.10. The van der Waals surface area contributed by atoms with Crippen LogP contribution in [0.1, 0.15) is 18.9 Å². The average molecular weight is 250 g/mol. The molecule has 2 N–H and O–H groups in total. The normalized spacial score (nSPS) is 28.4. The zero-order valence-corrected chi connectivity index (χ0v) is 11.8. The fraction of sp³-hybridized carbons (Fsp3) is 0.571. The smallest absolute Gasteiger partial charge is 0.0644 e. The van der Waals surface area contributed by atoms with Gasteiger partial charge in [-0.1, -0.05) is 24.6 Å². The molecule has 0 aliphatic carbocycles. The maximum absolute atomic E-state index is 6.07. The van der Waals surface area contributed by atoms with Crippen molar-refractivity contribution in [2.24, 2.45) is 5.73 Å². The van der Waals surface area contributed by atoms with E-state index in [1.807, 2.05) is 11.8 Å². The molecule has 2 nitrogen and oxygen atoms in total. The Labute approximate surface area is 109 Å². The van der Waals surface area contributed by atoms with E-state index >= 15 is 0 Å². The molecule has 0 spiro atoms.